The van der Waals surface area contributed by atoms with Crippen LogP contribution in [0.1, 0.15) is 56.7 Å². The van der Waals surface area contributed by atoms with Crippen molar-refractivity contribution in [1.29, 1.82) is 0 Å². The van der Waals surface area contributed by atoms with E-state index in [0.717, 1.165) is 55.3 Å². The van der Waals surface area contributed by atoms with Gasteiger partial charge in [-0.25, -0.2) is 4.98 Å². The molecule has 0 saturated carbocycles. The highest BCUT2D eigenvalue weighted by Crippen LogP contribution is 2.28. The first-order valence-corrected chi connectivity index (χ1v) is 8.83. The summed E-state index contributed by atoms with van der Waals surface area (Å²) in [6, 6.07) is 4.07. The number of hydrogen-bond donors (Lipinski definition) is 0. The highest BCUT2D eigenvalue weighted by Gasteiger charge is 2.26. The third-order valence-electron chi connectivity index (χ3n) is 4.88. The largest absolute Gasteiger partial charge is 0.451 e. The van der Waals surface area contributed by atoms with Crippen molar-refractivity contribution in [3.05, 3.63) is 42.0 Å². The van der Waals surface area contributed by atoms with Gasteiger partial charge in [-0.1, -0.05) is 20.8 Å². The third kappa shape index (κ3) is 3.28. The van der Waals surface area contributed by atoms with Crippen LogP contribution >= 0.6 is 0 Å². The van der Waals surface area contributed by atoms with E-state index in [-0.39, 0.29) is 5.41 Å². The molecule has 1 fully saturated rings. The fraction of sp³-hybridized carbons (Fsp3) is 0.556. The average Bonchev–Trinajstić information content (AvgIpc) is 3.23. The molecule has 7 nitrogen and oxygen atoms in total. The Balaban J connectivity index is 1.51. The van der Waals surface area contributed by atoms with Gasteiger partial charge in [0.1, 0.15) is 6.26 Å². The van der Waals surface area contributed by atoms with Crippen molar-refractivity contribution in [1.82, 2.24) is 29.7 Å². The molecule has 0 amide bonds. The lowest BCUT2D eigenvalue weighted by Crippen LogP contribution is -2.33. The lowest BCUT2D eigenvalue weighted by Gasteiger charge is -2.30. The molecule has 0 radical (unpaired) electrons. The first-order chi connectivity index (χ1) is 12.0. The predicted octanol–water partition coefficient (Wildman–Crippen LogP) is 2.79. The molecule has 0 aromatic carbocycles. The number of aromatic nitrogens is 5. The van der Waals surface area contributed by atoms with E-state index in [1.165, 1.54) is 6.39 Å². The monoisotopic (exact) mass is 340 g/mol. The van der Waals surface area contributed by atoms with Crippen LogP contribution in [-0.2, 0) is 12.0 Å². The van der Waals surface area contributed by atoms with E-state index in [2.05, 4.69) is 40.9 Å². The van der Waals surface area contributed by atoms with Crippen molar-refractivity contribution >= 4 is 5.65 Å². The zero-order chi connectivity index (χ0) is 17.4. The first-order valence-electron chi connectivity index (χ1n) is 8.83. The molecular weight excluding hydrogens is 316 g/mol. The minimum absolute atomic E-state index is 0.0106. The van der Waals surface area contributed by atoms with Crippen molar-refractivity contribution < 1.29 is 4.42 Å². The van der Waals surface area contributed by atoms with Crippen LogP contribution < -0.4 is 0 Å². The molecular formula is C18H24N6O. The van der Waals surface area contributed by atoms with Crippen molar-refractivity contribution in [2.24, 2.45) is 0 Å². The summed E-state index contributed by atoms with van der Waals surface area (Å²) in [7, 11) is 0. The molecule has 4 rings (SSSR count). The van der Waals surface area contributed by atoms with Gasteiger partial charge >= 0.3 is 0 Å². The molecule has 0 N–H and O–H groups in total. The number of fused-ring (bicyclic) bond motifs is 1. The number of likely N-dealkylation sites (tertiary alicyclic amines) is 1. The Labute approximate surface area is 147 Å². The molecule has 0 atom stereocenters. The number of rotatable bonds is 3. The van der Waals surface area contributed by atoms with Gasteiger partial charge in [0.25, 0.3) is 0 Å². The first kappa shape index (κ1) is 16.2. The summed E-state index contributed by atoms with van der Waals surface area (Å²) in [5.74, 6) is 1.38. The summed E-state index contributed by atoms with van der Waals surface area (Å²) in [4.78, 5) is 6.62. The molecule has 4 heterocycles. The summed E-state index contributed by atoms with van der Waals surface area (Å²) >= 11 is 0. The van der Waals surface area contributed by atoms with Gasteiger partial charge in [0.05, 0.1) is 11.4 Å². The highest BCUT2D eigenvalue weighted by molar-refractivity contribution is 5.37. The molecule has 7 heteroatoms. The van der Waals surface area contributed by atoms with Crippen molar-refractivity contribution in [2.75, 3.05) is 13.1 Å². The van der Waals surface area contributed by atoms with Crippen molar-refractivity contribution in [3.63, 3.8) is 0 Å². The second kappa shape index (κ2) is 6.22. The smallest absolute Gasteiger partial charge is 0.180 e. The fourth-order valence-electron chi connectivity index (χ4n) is 3.35. The quantitative estimate of drug-likeness (QED) is 0.730. The molecule has 132 valence electrons. The van der Waals surface area contributed by atoms with Crippen LogP contribution in [0.4, 0.5) is 0 Å². The zero-order valence-corrected chi connectivity index (χ0v) is 15.0. The molecule has 3 aromatic heterocycles. The molecule has 0 spiro atoms. The molecule has 0 bridgehead atoms. The summed E-state index contributed by atoms with van der Waals surface area (Å²) in [5, 5.41) is 13.6. The van der Waals surface area contributed by atoms with Gasteiger partial charge in [0.2, 0.25) is 0 Å². The standard InChI is InChI=1S/C18H24N6O/c1-18(2,3)15-4-5-16-20-21-17(24(16)22-15)13-6-8-23(9-7-13)10-14-11-25-12-19-14/h4-5,11-13H,6-10H2,1-3H3. The Morgan fingerprint density at radius 2 is 1.96 bits per heavy atom. The fourth-order valence-corrected chi connectivity index (χ4v) is 3.35. The van der Waals surface area contributed by atoms with E-state index in [9.17, 15) is 0 Å². The number of nitrogens with zero attached hydrogens (tertiary/aromatic N) is 6. The van der Waals surface area contributed by atoms with E-state index >= 15 is 0 Å². The Morgan fingerprint density at radius 3 is 2.64 bits per heavy atom. The van der Waals surface area contributed by atoms with Crippen LogP contribution in [0.5, 0.6) is 0 Å². The van der Waals surface area contributed by atoms with Gasteiger partial charge < -0.3 is 4.42 Å². The molecule has 0 aliphatic carbocycles. The van der Waals surface area contributed by atoms with Crippen LogP contribution in [0.3, 0.4) is 0 Å². The van der Waals surface area contributed by atoms with Crippen molar-refractivity contribution in [3.8, 4) is 0 Å². The summed E-state index contributed by atoms with van der Waals surface area (Å²) in [6.07, 6.45) is 5.32. The Morgan fingerprint density at radius 1 is 1.16 bits per heavy atom. The van der Waals surface area contributed by atoms with E-state index in [0.29, 0.717) is 5.92 Å². The molecule has 3 aromatic rings. The minimum atomic E-state index is 0.0106. The summed E-state index contributed by atoms with van der Waals surface area (Å²) < 4.78 is 7.00. The van der Waals surface area contributed by atoms with Gasteiger partial charge in [-0.2, -0.15) is 9.61 Å². The predicted molar refractivity (Wildman–Crippen MR) is 93.2 cm³/mol. The molecule has 1 saturated heterocycles. The van der Waals surface area contributed by atoms with Gasteiger partial charge in [0, 0.05) is 17.9 Å². The normalized spacial score (nSPS) is 17.4. The number of oxazole rings is 1. The van der Waals surface area contributed by atoms with Crippen LogP contribution in [0.25, 0.3) is 5.65 Å². The van der Waals surface area contributed by atoms with Crippen LogP contribution in [0.2, 0.25) is 0 Å². The van der Waals surface area contributed by atoms with Crippen LogP contribution in [0, 0.1) is 0 Å². The van der Waals surface area contributed by atoms with Gasteiger partial charge in [-0.05, 0) is 38.1 Å². The van der Waals surface area contributed by atoms with Crippen LogP contribution in [-0.4, -0.2) is 42.8 Å². The molecule has 0 unspecified atom stereocenters. The van der Waals surface area contributed by atoms with E-state index in [1.54, 1.807) is 6.26 Å². The minimum Gasteiger partial charge on any atom is -0.451 e. The lowest BCUT2D eigenvalue weighted by molar-refractivity contribution is 0.198. The molecule has 25 heavy (non-hydrogen) atoms. The van der Waals surface area contributed by atoms with E-state index < -0.39 is 0 Å². The lowest BCUT2D eigenvalue weighted by atomic mass is 9.92. The average molecular weight is 340 g/mol. The zero-order valence-electron chi connectivity index (χ0n) is 15.0. The van der Waals surface area contributed by atoms with E-state index in [4.69, 9.17) is 9.52 Å². The Bertz CT molecular complexity index is 840. The van der Waals surface area contributed by atoms with Crippen LogP contribution in [0.15, 0.2) is 29.2 Å². The maximum Gasteiger partial charge on any atom is 0.180 e. The van der Waals surface area contributed by atoms with E-state index in [1.807, 2.05) is 16.6 Å². The van der Waals surface area contributed by atoms with Gasteiger partial charge in [0.15, 0.2) is 17.9 Å². The second-order valence-corrected chi connectivity index (χ2v) is 7.83. The number of hydrogen-bond acceptors (Lipinski definition) is 6. The Kier molecular flexibility index (Phi) is 4.03. The SMILES string of the molecule is CC(C)(C)c1ccc2nnc(C3CCN(Cc4cocn4)CC3)n2n1. The maximum absolute atomic E-state index is 5.06. The maximum atomic E-state index is 5.06. The third-order valence-corrected chi connectivity index (χ3v) is 4.88. The van der Waals surface area contributed by atoms with Crippen molar-refractivity contribution in [2.45, 2.75) is 51.5 Å². The molecule has 1 aliphatic heterocycles. The molecule has 1 aliphatic rings. The second-order valence-electron chi connectivity index (χ2n) is 7.83. The summed E-state index contributed by atoms with van der Waals surface area (Å²) in [6.45, 7) is 9.40. The highest BCUT2D eigenvalue weighted by atomic mass is 16.3. The van der Waals surface area contributed by atoms with Gasteiger partial charge in [-0.15, -0.1) is 10.2 Å². The summed E-state index contributed by atoms with van der Waals surface area (Å²) in [5.41, 5.74) is 2.89. The number of piperidine rings is 1. The Hall–Kier alpha value is -2.28. The topological polar surface area (TPSA) is 72.4 Å². The van der Waals surface area contributed by atoms with Gasteiger partial charge in [-0.3, -0.25) is 4.90 Å².